The third kappa shape index (κ3) is 24.1. The van der Waals surface area contributed by atoms with E-state index in [0.29, 0.717) is 39.6 Å². The Labute approximate surface area is 259 Å². The first-order valence-electron chi connectivity index (χ1n) is 12.3. The number of rotatable bonds is 4. The van der Waals surface area contributed by atoms with Crippen LogP contribution in [0.2, 0.25) is 0 Å². The molecular formula is C24H36Cl2N4NiO11. The normalized spacial score (nSPS) is 16.8. The standard InChI is InChI=1S/C24H36N4O3.2ClHO4.Ni/c25-23-7-3-1-5-21(23)19-27-9-13-29-14-10-28(12-16-31-18-17-30-15-11-27)20-22-6-2-4-8-24(22)26;2*2-1(3,4)5;/h1-8H,9-20,25-26H2;2*(H,2,3,4,5);/q;;;+2/p-2. The summed E-state index contributed by atoms with van der Waals surface area (Å²) in [5, 5.41) is 0. The molecule has 4 N–H and O–H groups in total. The number of hydrogen-bond donors (Lipinski definition) is 2. The Morgan fingerprint density at radius 3 is 1.07 bits per heavy atom. The van der Waals surface area contributed by atoms with Crippen LogP contribution in [0.1, 0.15) is 11.1 Å². The molecule has 1 heterocycles. The fourth-order valence-corrected chi connectivity index (χ4v) is 3.58. The summed E-state index contributed by atoms with van der Waals surface area (Å²) in [4.78, 5) is 4.66. The fourth-order valence-electron chi connectivity index (χ4n) is 3.58. The summed E-state index contributed by atoms with van der Waals surface area (Å²) in [6.45, 7) is 8.77. The zero-order valence-corrected chi connectivity index (χ0v) is 25.2. The maximum absolute atomic E-state index is 8.49. The molecule has 1 aliphatic rings. The van der Waals surface area contributed by atoms with Crippen LogP contribution in [0.25, 0.3) is 0 Å². The number of hydrogen-bond acceptors (Lipinski definition) is 15. The van der Waals surface area contributed by atoms with Gasteiger partial charge in [-0.1, -0.05) is 36.4 Å². The van der Waals surface area contributed by atoms with Gasteiger partial charge in [0.05, 0.1) is 39.6 Å². The number of benzene rings is 2. The Kier molecular flexibility index (Phi) is 21.4. The van der Waals surface area contributed by atoms with Gasteiger partial charge in [0.25, 0.3) is 0 Å². The van der Waals surface area contributed by atoms with Crippen LogP contribution >= 0.6 is 0 Å². The molecule has 0 saturated carbocycles. The van der Waals surface area contributed by atoms with E-state index in [-0.39, 0.29) is 16.5 Å². The molecule has 0 bridgehead atoms. The second kappa shape index (κ2) is 22.2. The zero-order chi connectivity index (χ0) is 30.7. The zero-order valence-electron chi connectivity index (χ0n) is 22.7. The molecule has 1 saturated heterocycles. The molecule has 0 aliphatic carbocycles. The first-order chi connectivity index (χ1) is 19.2. The van der Waals surface area contributed by atoms with Crippen LogP contribution < -0.4 is 48.7 Å². The van der Waals surface area contributed by atoms with Crippen molar-refractivity contribution in [2.75, 3.05) is 77.3 Å². The molecule has 1 aliphatic heterocycles. The second-order valence-electron chi connectivity index (χ2n) is 8.54. The predicted molar refractivity (Wildman–Crippen MR) is 125 cm³/mol. The number of ether oxygens (including phenoxy) is 3. The Morgan fingerprint density at radius 1 is 0.524 bits per heavy atom. The summed E-state index contributed by atoms with van der Waals surface area (Å²) in [5.41, 5.74) is 16.2. The van der Waals surface area contributed by atoms with Crippen molar-refractivity contribution < 1.29 is 88.5 Å². The van der Waals surface area contributed by atoms with Crippen molar-refractivity contribution in [3.8, 4) is 0 Å². The molecular weight excluding hydrogens is 650 g/mol. The maximum Gasteiger partial charge on any atom is 2.00 e. The van der Waals surface area contributed by atoms with Gasteiger partial charge < -0.3 is 25.7 Å². The van der Waals surface area contributed by atoms with Crippen molar-refractivity contribution in [1.82, 2.24) is 9.80 Å². The van der Waals surface area contributed by atoms with Crippen molar-refractivity contribution in [2.24, 2.45) is 0 Å². The van der Waals surface area contributed by atoms with Gasteiger partial charge in [-0.15, -0.1) is 20.5 Å². The first-order valence-corrected chi connectivity index (χ1v) is 14.8. The van der Waals surface area contributed by atoms with Gasteiger partial charge in [0, 0.05) is 50.6 Å². The number of nitrogens with two attached hydrogens (primary N) is 2. The topological polar surface area (TPSA) is 271 Å². The summed E-state index contributed by atoms with van der Waals surface area (Å²) in [5.74, 6) is 0. The van der Waals surface area contributed by atoms with Gasteiger partial charge in [0.15, 0.2) is 0 Å². The minimum atomic E-state index is -4.94. The molecule has 242 valence electrons. The van der Waals surface area contributed by atoms with Gasteiger partial charge in [-0.3, -0.25) is 9.80 Å². The van der Waals surface area contributed by atoms with Gasteiger partial charge >= 0.3 is 16.5 Å². The van der Waals surface area contributed by atoms with Crippen molar-refractivity contribution in [1.29, 1.82) is 0 Å². The second-order valence-corrected chi connectivity index (χ2v) is 10.1. The van der Waals surface area contributed by atoms with E-state index in [2.05, 4.69) is 21.9 Å². The van der Waals surface area contributed by atoms with Crippen LogP contribution in [-0.2, 0) is 43.8 Å². The smallest absolute Gasteiger partial charge is 0.398 e. The van der Waals surface area contributed by atoms with E-state index in [1.165, 1.54) is 0 Å². The summed E-state index contributed by atoms with van der Waals surface area (Å²) in [6, 6.07) is 16.0. The van der Waals surface area contributed by atoms with Crippen LogP contribution in [0, 0.1) is 20.5 Å². The number of nitrogen functional groups attached to an aromatic ring is 2. The predicted octanol–water partition coefficient (Wildman–Crippen LogP) is -7.30. The largest absolute Gasteiger partial charge is 2.00 e. The van der Waals surface area contributed by atoms with E-state index < -0.39 is 20.5 Å². The fraction of sp³-hybridized carbons (Fsp3) is 0.500. The molecule has 18 heteroatoms. The number of anilines is 2. The Morgan fingerprint density at radius 2 is 0.786 bits per heavy atom. The molecule has 3 rings (SSSR count). The quantitative estimate of drug-likeness (QED) is 0.223. The monoisotopic (exact) mass is 684 g/mol. The third-order valence-corrected chi connectivity index (χ3v) is 5.48. The van der Waals surface area contributed by atoms with E-state index in [4.69, 9.17) is 62.9 Å². The maximum atomic E-state index is 8.49. The van der Waals surface area contributed by atoms with Crippen LogP contribution in [0.4, 0.5) is 11.4 Å². The Balaban J connectivity index is 0.00000132. The van der Waals surface area contributed by atoms with E-state index in [1.807, 2.05) is 36.4 Å². The summed E-state index contributed by atoms with van der Waals surface area (Å²) >= 11 is 0. The first kappa shape index (κ1) is 40.6. The Hall–Kier alpha value is -1.41. The van der Waals surface area contributed by atoms with Gasteiger partial charge in [-0.05, 0) is 23.3 Å². The summed E-state index contributed by atoms with van der Waals surface area (Å²) < 4.78 is 85.5. The van der Waals surface area contributed by atoms with Crippen molar-refractivity contribution in [3.05, 3.63) is 59.7 Å². The van der Waals surface area contributed by atoms with E-state index in [1.54, 1.807) is 0 Å². The van der Waals surface area contributed by atoms with E-state index >= 15 is 0 Å². The molecule has 0 radical (unpaired) electrons. The van der Waals surface area contributed by atoms with Crippen molar-refractivity contribution in [2.45, 2.75) is 13.1 Å². The van der Waals surface area contributed by atoms with Crippen molar-refractivity contribution >= 4 is 11.4 Å². The van der Waals surface area contributed by atoms with Gasteiger partial charge in [-0.25, -0.2) is 37.3 Å². The van der Waals surface area contributed by atoms with Crippen LogP contribution in [0.3, 0.4) is 0 Å². The molecule has 0 unspecified atom stereocenters. The Bertz CT molecular complexity index is 887. The molecule has 1 fully saturated rings. The number of halogens is 2. The summed E-state index contributed by atoms with van der Waals surface area (Å²) in [6.07, 6.45) is 0. The van der Waals surface area contributed by atoms with Crippen molar-refractivity contribution in [3.63, 3.8) is 0 Å². The third-order valence-electron chi connectivity index (χ3n) is 5.48. The van der Waals surface area contributed by atoms with Gasteiger partial charge in [0.1, 0.15) is 0 Å². The van der Waals surface area contributed by atoms with E-state index in [9.17, 15) is 0 Å². The van der Waals surface area contributed by atoms with Crippen LogP contribution in [0.15, 0.2) is 48.5 Å². The minimum Gasteiger partial charge on any atom is -0.398 e. The van der Waals surface area contributed by atoms with Gasteiger partial charge in [0.2, 0.25) is 0 Å². The van der Waals surface area contributed by atoms with Gasteiger partial charge in [-0.2, -0.15) is 0 Å². The van der Waals surface area contributed by atoms with Crippen LogP contribution in [0.5, 0.6) is 0 Å². The number of nitrogens with zero attached hydrogens (tertiary/aromatic N) is 2. The summed E-state index contributed by atoms with van der Waals surface area (Å²) in [7, 11) is -9.89. The molecule has 0 aromatic heterocycles. The molecule has 42 heavy (non-hydrogen) atoms. The SMILES string of the molecule is Nc1ccccc1CN1CCOCCOCCN(Cc2ccccc2N)CCOCC1.[Ni+2].[O-][Cl+3]([O-])([O-])[O-].[O-][Cl+3]([O-])([O-])[O-]. The van der Waals surface area contributed by atoms with E-state index in [0.717, 1.165) is 61.8 Å². The minimum absolute atomic E-state index is 0. The molecule has 0 spiro atoms. The average Bonchev–Trinajstić information content (AvgIpc) is 2.86. The average molecular weight is 686 g/mol. The molecule has 2 aromatic rings. The van der Waals surface area contributed by atoms with Crippen LogP contribution in [-0.4, -0.2) is 75.6 Å². The molecule has 2 aromatic carbocycles. The molecule has 0 amide bonds. The molecule has 0 atom stereocenters. The number of para-hydroxylation sites is 2. The molecule has 15 nitrogen and oxygen atoms in total.